The van der Waals surface area contributed by atoms with E-state index in [0.29, 0.717) is 6.54 Å². The van der Waals surface area contributed by atoms with Crippen molar-refractivity contribution in [3.05, 3.63) is 35.1 Å². The number of rotatable bonds is 2. The van der Waals surface area contributed by atoms with E-state index in [1.807, 2.05) is 29.3 Å². The van der Waals surface area contributed by atoms with E-state index >= 15 is 0 Å². The molecule has 0 saturated heterocycles. The van der Waals surface area contributed by atoms with E-state index in [2.05, 4.69) is 10.4 Å². The van der Waals surface area contributed by atoms with Crippen LogP contribution in [0, 0.1) is 0 Å². The molecule has 0 spiro atoms. The molecule has 2 N–H and O–H groups in total. The molecule has 4 nitrogen and oxygen atoms in total. The fourth-order valence-electron chi connectivity index (χ4n) is 1.37. The van der Waals surface area contributed by atoms with Crippen molar-refractivity contribution in [2.45, 2.75) is 6.54 Å². The molecular formula is C10H13N4Pt-. The van der Waals surface area contributed by atoms with E-state index in [1.165, 1.54) is 0 Å². The van der Waals surface area contributed by atoms with E-state index < -0.39 is 0 Å². The molecule has 0 radical (unpaired) electrons. The second-order valence-corrected chi connectivity index (χ2v) is 3.13. The first-order valence-electron chi connectivity index (χ1n) is 4.66. The van der Waals surface area contributed by atoms with Gasteiger partial charge in [0.05, 0.1) is 0 Å². The first-order valence-corrected chi connectivity index (χ1v) is 4.66. The minimum Gasteiger partial charge on any atom is -0.469 e. The normalized spacial score (nSPS) is 14.3. The number of benzene rings is 1. The Bertz CT molecular complexity index is 323. The van der Waals surface area contributed by atoms with E-state index in [9.17, 15) is 0 Å². The van der Waals surface area contributed by atoms with Crippen molar-refractivity contribution in [2.75, 3.05) is 18.1 Å². The van der Waals surface area contributed by atoms with Crippen molar-refractivity contribution in [2.24, 2.45) is 10.8 Å². The molecule has 1 aromatic carbocycles. The van der Waals surface area contributed by atoms with Gasteiger partial charge in [-0.2, -0.15) is 0 Å². The van der Waals surface area contributed by atoms with Crippen LogP contribution in [0.1, 0.15) is 5.56 Å². The van der Waals surface area contributed by atoms with Crippen LogP contribution < -0.4 is 10.7 Å². The topological polar surface area (TPSA) is 55.7 Å². The molecule has 0 saturated carbocycles. The van der Waals surface area contributed by atoms with E-state index in [4.69, 9.17) is 5.73 Å². The van der Waals surface area contributed by atoms with Crippen LogP contribution in [-0.4, -0.2) is 19.4 Å². The first kappa shape index (κ1) is 12.2. The molecule has 5 heteroatoms. The molecule has 0 fully saturated rings. The summed E-state index contributed by atoms with van der Waals surface area (Å²) in [6.45, 7) is 2.24. The minimum absolute atomic E-state index is 0. The number of nitrogens with two attached hydrogens (primary N) is 1. The van der Waals surface area contributed by atoms with Gasteiger partial charge < -0.3 is 21.2 Å². The Hall–Kier alpha value is -0.862. The maximum Gasteiger partial charge on any atom is 0.0396 e. The summed E-state index contributed by atoms with van der Waals surface area (Å²) in [4.78, 5) is 0. The van der Waals surface area contributed by atoms with Gasteiger partial charge in [-0.15, -0.1) is 0 Å². The fourth-order valence-corrected chi connectivity index (χ4v) is 1.37. The SMILES string of the molecule is NCc1ccc(N2CC[N-]C=N2)cc1.[Pt]. The van der Waals surface area contributed by atoms with Crippen molar-refractivity contribution in [3.63, 3.8) is 0 Å². The summed E-state index contributed by atoms with van der Waals surface area (Å²) in [6, 6.07) is 8.11. The standard InChI is InChI=1S/C10H13N4.Pt/c11-7-9-1-3-10(4-2-9)14-6-5-12-8-13-14;/h1-4,8H,5-7,11H2;/q-1;. The number of hydrogen-bond donors (Lipinski definition) is 1. The average Bonchev–Trinajstić information content (AvgIpc) is 2.30. The van der Waals surface area contributed by atoms with Crippen molar-refractivity contribution in [3.8, 4) is 0 Å². The molecule has 0 aliphatic carbocycles. The zero-order valence-corrected chi connectivity index (χ0v) is 10.5. The third-order valence-electron chi connectivity index (χ3n) is 2.18. The zero-order valence-electron chi connectivity index (χ0n) is 8.24. The third-order valence-corrected chi connectivity index (χ3v) is 2.18. The Labute approximate surface area is 104 Å². The third kappa shape index (κ3) is 3.04. The zero-order chi connectivity index (χ0) is 9.80. The summed E-state index contributed by atoms with van der Waals surface area (Å²) in [5.74, 6) is 0. The number of hydrazone groups is 1. The molecule has 1 aliphatic heterocycles. The monoisotopic (exact) mass is 384 g/mol. The predicted octanol–water partition coefficient (Wildman–Crippen LogP) is 1.28. The summed E-state index contributed by atoms with van der Waals surface area (Å²) in [6.07, 6.45) is 1.60. The van der Waals surface area contributed by atoms with Crippen LogP contribution >= 0.6 is 0 Å². The van der Waals surface area contributed by atoms with Gasteiger partial charge in [0.2, 0.25) is 0 Å². The summed E-state index contributed by atoms with van der Waals surface area (Å²) >= 11 is 0. The molecule has 0 atom stereocenters. The molecule has 2 rings (SSSR count). The molecule has 1 aliphatic rings. The van der Waals surface area contributed by atoms with Gasteiger partial charge >= 0.3 is 0 Å². The summed E-state index contributed by atoms with van der Waals surface area (Å²) in [5.41, 5.74) is 7.75. The van der Waals surface area contributed by atoms with E-state index in [-0.39, 0.29) is 21.1 Å². The fraction of sp³-hybridized carbons (Fsp3) is 0.300. The Balaban J connectivity index is 0.00000112. The molecular weight excluding hydrogens is 371 g/mol. The molecule has 1 heterocycles. The van der Waals surface area contributed by atoms with Gasteiger partial charge in [0.1, 0.15) is 0 Å². The maximum atomic E-state index is 5.52. The first-order chi connectivity index (χ1) is 6.90. The molecule has 15 heavy (non-hydrogen) atoms. The van der Waals surface area contributed by atoms with Crippen LogP contribution in [0.25, 0.3) is 5.32 Å². The van der Waals surface area contributed by atoms with Crippen molar-refractivity contribution in [1.82, 2.24) is 0 Å². The van der Waals surface area contributed by atoms with Gasteiger partial charge in [0.25, 0.3) is 0 Å². The smallest absolute Gasteiger partial charge is 0.0396 e. The number of nitrogens with zero attached hydrogens (tertiary/aromatic N) is 3. The van der Waals surface area contributed by atoms with Crippen LogP contribution in [0.15, 0.2) is 29.4 Å². The van der Waals surface area contributed by atoms with Gasteiger partial charge in [0, 0.05) is 39.8 Å². The van der Waals surface area contributed by atoms with Crippen molar-refractivity contribution in [1.29, 1.82) is 0 Å². The number of anilines is 1. The summed E-state index contributed by atoms with van der Waals surface area (Å²) in [5, 5.41) is 10.1. The second kappa shape index (κ2) is 5.88. The van der Waals surface area contributed by atoms with Crippen LogP contribution in [0.5, 0.6) is 0 Å². The summed E-state index contributed by atoms with van der Waals surface area (Å²) < 4.78 is 0. The van der Waals surface area contributed by atoms with Crippen LogP contribution in [0.4, 0.5) is 5.69 Å². The molecule has 0 bridgehead atoms. The Morgan fingerprint density at radius 2 is 2.07 bits per heavy atom. The second-order valence-electron chi connectivity index (χ2n) is 3.13. The molecule has 1 aromatic rings. The Morgan fingerprint density at radius 1 is 1.33 bits per heavy atom. The van der Waals surface area contributed by atoms with Crippen LogP contribution in [0.3, 0.4) is 0 Å². The van der Waals surface area contributed by atoms with E-state index in [1.54, 1.807) is 6.34 Å². The van der Waals surface area contributed by atoms with Crippen LogP contribution in [0.2, 0.25) is 0 Å². The van der Waals surface area contributed by atoms with Gasteiger partial charge in [-0.1, -0.05) is 18.5 Å². The number of hydrogen-bond acceptors (Lipinski definition) is 3. The maximum absolute atomic E-state index is 5.52. The Morgan fingerprint density at radius 3 is 2.60 bits per heavy atom. The molecule has 0 amide bonds. The van der Waals surface area contributed by atoms with Crippen molar-refractivity contribution >= 4 is 12.0 Å². The summed E-state index contributed by atoms with van der Waals surface area (Å²) in [7, 11) is 0. The van der Waals surface area contributed by atoms with Crippen LogP contribution in [-0.2, 0) is 27.6 Å². The average molecular weight is 384 g/mol. The largest absolute Gasteiger partial charge is 0.469 e. The van der Waals surface area contributed by atoms with Gasteiger partial charge in [-0.05, 0) is 24.2 Å². The predicted molar refractivity (Wildman–Crippen MR) is 58.4 cm³/mol. The van der Waals surface area contributed by atoms with E-state index in [0.717, 1.165) is 24.3 Å². The minimum atomic E-state index is 0. The van der Waals surface area contributed by atoms with Gasteiger partial charge in [0.15, 0.2) is 0 Å². The molecule has 0 unspecified atom stereocenters. The molecule has 84 valence electrons. The van der Waals surface area contributed by atoms with Gasteiger partial charge in [-0.25, -0.2) is 0 Å². The molecule has 0 aromatic heterocycles. The quantitative estimate of drug-likeness (QED) is 0.835. The Kier molecular flexibility index (Phi) is 4.79. The van der Waals surface area contributed by atoms with Gasteiger partial charge in [-0.3, -0.25) is 0 Å². The van der Waals surface area contributed by atoms with Crippen molar-refractivity contribution < 1.29 is 21.1 Å².